The summed E-state index contributed by atoms with van der Waals surface area (Å²) >= 11 is 0. The van der Waals surface area contributed by atoms with E-state index in [2.05, 4.69) is 50.3 Å². The van der Waals surface area contributed by atoms with Gasteiger partial charge in [-0.05, 0) is 70.6 Å². The van der Waals surface area contributed by atoms with Crippen LogP contribution in [0.3, 0.4) is 0 Å². The first kappa shape index (κ1) is 99.2. The van der Waals surface area contributed by atoms with Crippen molar-refractivity contribution in [1.29, 1.82) is 0 Å². The van der Waals surface area contributed by atoms with Gasteiger partial charge in [0.15, 0.2) is 6.10 Å². The number of rotatable bonds is 88. The van der Waals surface area contributed by atoms with Gasteiger partial charge in [-0.3, -0.25) is 18.6 Å². The van der Waals surface area contributed by atoms with Crippen LogP contribution < -0.4 is 5.73 Å². The zero-order chi connectivity index (χ0) is 72.9. The minimum atomic E-state index is -4.40. The minimum absolute atomic E-state index is 0.0574. The number of unbranched alkanes of at least 4 members (excludes halogenated alkanes) is 69. The van der Waals surface area contributed by atoms with Crippen LogP contribution in [0.25, 0.3) is 0 Å². The van der Waals surface area contributed by atoms with Gasteiger partial charge in [-0.1, -0.05) is 455 Å². The van der Waals surface area contributed by atoms with Crippen LogP contribution in [0.4, 0.5) is 0 Å². The second-order valence-electron chi connectivity index (χ2n) is 31.2. The average molecular weight is 1440 g/mol. The van der Waals surface area contributed by atoms with Gasteiger partial charge in [-0.25, -0.2) is 4.57 Å². The number of phosphoric acid groups is 1. The fourth-order valence-electron chi connectivity index (χ4n) is 14.3. The molecule has 0 rings (SSSR count). The van der Waals surface area contributed by atoms with E-state index >= 15 is 0 Å². The fourth-order valence-corrected chi connectivity index (χ4v) is 15.0. The van der Waals surface area contributed by atoms with E-state index < -0.39 is 26.5 Å². The van der Waals surface area contributed by atoms with Crippen molar-refractivity contribution in [1.82, 2.24) is 0 Å². The van der Waals surface area contributed by atoms with Crippen molar-refractivity contribution in [2.24, 2.45) is 5.73 Å². The summed E-state index contributed by atoms with van der Waals surface area (Å²) in [6.07, 6.45) is 114. The third kappa shape index (κ3) is 87.0. The Balaban J connectivity index is 3.68. The highest BCUT2D eigenvalue weighted by atomic mass is 31.2. The molecule has 0 amide bonds. The SMILES string of the molecule is CCCCCCC/C=C\C/C=C\CCCCCCCCCCCCCCCCCCCCCCCCCCCCCCCC(=O)OC(COC(=O)CCCCCCCCCCCCCCCCCCCCCCCCCCCCC/C=C\CCCCCCCCCC)COP(=O)(O)OCCN. The number of hydrogen-bond acceptors (Lipinski definition) is 8. The van der Waals surface area contributed by atoms with Crippen LogP contribution in [0.5, 0.6) is 0 Å². The zero-order valence-corrected chi connectivity index (χ0v) is 68.8. The van der Waals surface area contributed by atoms with E-state index in [1.807, 2.05) is 0 Å². The Kier molecular flexibility index (Phi) is 85.6. The predicted molar refractivity (Wildman–Crippen MR) is 441 cm³/mol. The van der Waals surface area contributed by atoms with Gasteiger partial charge in [0.25, 0.3) is 0 Å². The molecule has 0 bridgehead atoms. The smallest absolute Gasteiger partial charge is 0.462 e. The Bertz CT molecular complexity index is 1750. The van der Waals surface area contributed by atoms with Crippen molar-refractivity contribution in [2.75, 3.05) is 26.4 Å². The van der Waals surface area contributed by atoms with Crippen LogP contribution in [0.15, 0.2) is 36.5 Å². The number of allylic oxidation sites excluding steroid dienone is 6. The van der Waals surface area contributed by atoms with Gasteiger partial charge < -0.3 is 20.1 Å². The third-order valence-corrected chi connectivity index (χ3v) is 22.0. The third-order valence-electron chi connectivity index (χ3n) is 21.0. The second-order valence-corrected chi connectivity index (χ2v) is 32.6. The summed E-state index contributed by atoms with van der Waals surface area (Å²) in [5.74, 6) is -0.796. The van der Waals surface area contributed by atoms with Gasteiger partial charge in [-0.2, -0.15) is 0 Å². The largest absolute Gasteiger partial charge is 0.472 e. The number of hydrogen-bond donors (Lipinski definition) is 2. The van der Waals surface area contributed by atoms with Crippen molar-refractivity contribution in [2.45, 2.75) is 508 Å². The summed E-state index contributed by atoms with van der Waals surface area (Å²) in [7, 11) is -4.40. The summed E-state index contributed by atoms with van der Waals surface area (Å²) in [6, 6.07) is 0. The molecule has 2 atom stereocenters. The highest BCUT2D eigenvalue weighted by Crippen LogP contribution is 2.43. The number of carbonyl (C=O) groups excluding carboxylic acids is 2. The Morgan fingerprint density at radius 1 is 0.297 bits per heavy atom. The highest BCUT2D eigenvalue weighted by Gasteiger charge is 2.26. The Hall–Kier alpha value is -1.77. The van der Waals surface area contributed by atoms with Crippen molar-refractivity contribution in [3.8, 4) is 0 Å². The van der Waals surface area contributed by atoms with E-state index in [1.165, 1.54) is 430 Å². The lowest BCUT2D eigenvalue weighted by Gasteiger charge is -2.19. The van der Waals surface area contributed by atoms with Crippen LogP contribution in [-0.4, -0.2) is 49.3 Å². The topological polar surface area (TPSA) is 134 Å². The van der Waals surface area contributed by atoms with Crippen LogP contribution >= 0.6 is 7.82 Å². The summed E-state index contributed by atoms with van der Waals surface area (Å²) in [5, 5.41) is 0. The monoisotopic (exact) mass is 1440 g/mol. The number of ether oxygens (including phenoxy) is 2. The number of phosphoric ester groups is 1. The van der Waals surface area contributed by atoms with Gasteiger partial charge in [0, 0.05) is 19.4 Å². The molecule has 0 radical (unpaired) electrons. The summed E-state index contributed by atoms with van der Waals surface area (Å²) < 4.78 is 33.4. The van der Waals surface area contributed by atoms with Crippen LogP contribution in [0.1, 0.15) is 502 Å². The van der Waals surface area contributed by atoms with Crippen molar-refractivity contribution >= 4 is 19.8 Å². The molecule has 3 N–H and O–H groups in total. The molecule has 0 saturated heterocycles. The van der Waals surface area contributed by atoms with E-state index in [0.29, 0.717) is 6.42 Å². The summed E-state index contributed by atoms with van der Waals surface area (Å²) in [6.45, 7) is 3.83. The molecule has 0 aromatic heterocycles. The first-order valence-corrected chi connectivity index (χ1v) is 47.0. The van der Waals surface area contributed by atoms with Gasteiger partial charge in [0.05, 0.1) is 13.2 Å². The zero-order valence-electron chi connectivity index (χ0n) is 67.9. The maximum Gasteiger partial charge on any atom is 0.472 e. The Labute approximate surface area is 630 Å². The van der Waals surface area contributed by atoms with E-state index in [0.717, 1.165) is 38.5 Å². The van der Waals surface area contributed by atoms with Gasteiger partial charge in [0.2, 0.25) is 0 Å². The van der Waals surface area contributed by atoms with E-state index in [4.69, 9.17) is 24.3 Å². The maximum absolute atomic E-state index is 12.8. The molecule has 10 heteroatoms. The molecule has 0 aliphatic carbocycles. The van der Waals surface area contributed by atoms with E-state index in [1.54, 1.807) is 0 Å². The quantitative estimate of drug-likeness (QED) is 0.0264. The molecule has 0 spiro atoms. The van der Waals surface area contributed by atoms with Crippen molar-refractivity contribution in [3.63, 3.8) is 0 Å². The molecular weight excluding hydrogens is 1270 g/mol. The molecule has 598 valence electrons. The fraction of sp³-hybridized carbons (Fsp3) is 0.912. The lowest BCUT2D eigenvalue weighted by atomic mass is 10.0. The maximum atomic E-state index is 12.8. The predicted octanol–water partition coefficient (Wildman–Crippen LogP) is 30.9. The van der Waals surface area contributed by atoms with Crippen LogP contribution in [0.2, 0.25) is 0 Å². The summed E-state index contributed by atoms with van der Waals surface area (Å²) in [4.78, 5) is 35.5. The molecule has 0 aromatic carbocycles. The number of carbonyl (C=O) groups is 2. The lowest BCUT2D eigenvalue weighted by molar-refractivity contribution is -0.161. The molecule has 0 fully saturated rings. The molecule has 0 aliphatic rings. The van der Waals surface area contributed by atoms with E-state index in [9.17, 15) is 19.0 Å². The van der Waals surface area contributed by atoms with Gasteiger partial charge >= 0.3 is 19.8 Å². The normalized spacial score (nSPS) is 12.9. The van der Waals surface area contributed by atoms with E-state index in [-0.39, 0.29) is 38.6 Å². The molecule has 0 heterocycles. The van der Waals surface area contributed by atoms with Crippen LogP contribution in [0, 0.1) is 0 Å². The minimum Gasteiger partial charge on any atom is -0.462 e. The highest BCUT2D eigenvalue weighted by molar-refractivity contribution is 7.47. The van der Waals surface area contributed by atoms with Gasteiger partial charge in [-0.15, -0.1) is 0 Å². The Morgan fingerprint density at radius 2 is 0.515 bits per heavy atom. The first-order valence-electron chi connectivity index (χ1n) is 45.5. The molecule has 0 saturated carbocycles. The lowest BCUT2D eigenvalue weighted by Crippen LogP contribution is -2.29. The molecule has 2 unspecified atom stereocenters. The second kappa shape index (κ2) is 87.1. The molecule has 101 heavy (non-hydrogen) atoms. The van der Waals surface area contributed by atoms with Gasteiger partial charge in [0.1, 0.15) is 6.61 Å². The summed E-state index contributed by atoms with van der Waals surface area (Å²) in [5.41, 5.74) is 5.43. The van der Waals surface area contributed by atoms with Crippen molar-refractivity contribution < 1.29 is 37.6 Å². The molecule has 9 nitrogen and oxygen atoms in total. The molecular formula is C91H176NO8P. The first-order chi connectivity index (χ1) is 49.8. The Morgan fingerprint density at radius 3 is 0.762 bits per heavy atom. The molecule has 0 aliphatic heterocycles. The van der Waals surface area contributed by atoms with Crippen molar-refractivity contribution in [3.05, 3.63) is 36.5 Å². The number of esters is 2. The number of nitrogens with two attached hydrogens (primary N) is 1. The molecule has 0 aromatic rings. The van der Waals surface area contributed by atoms with Crippen LogP contribution in [-0.2, 0) is 32.7 Å². The average Bonchev–Trinajstić information content (AvgIpc) is 1.04. The standard InChI is InChI=1S/C91H176NO8P/c1-3-5-7-9-11-13-15-17-19-21-23-25-27-29-31-33-35-37-39-41-43-44-46-48-50-52-54-56-58-60-62-64-66-68-70-72-74-76-78-80-82-84-91(94)100-89(88-99-101(95,96)98-86-85-92)87-97-90(93)83-81-79-77-75-73-71-69-67-65-63-61-59-57-55-53-51-49-47-45-42-40-38-36-34-32-30-28-26-24-22-20-18-16-14-12-10-8-6-4-2/h15,17,21-24,89H,3-14,16,18-20,25-88,92H2,1-2H3,(H,95,96)/b17-15-,23-21-,24-22-.